The van der Waals surface area contributed by atoms with E-state index in [9.17, 15) is 9.59 Å². The molecule has 226 valence electrons. The molecule has 0 radical (unpaired) electrons. The molecule has 0 amide bonds. The van der Waals surface area contributed by atoms with E-state index in [1.807, 2.05) is 49.0 Å². The van der Waals surface area contributed by atoms with E-state index in [2.05, 4.69) is 39.3 Å². The van der Waals surface area contributed by atoms with E-state index >= 15 is 0 Å². The first kappa shape index (κ1) is 34.1. The van der Waals surface area contributed by atoms with Crippen molar-refractivity contribution in [1.29, 1.82) is 0 Å². The van der Waals surface area contributed by atoms with Crippen LogP contribution in [0.25, 0.3) is 11.4 Å². The van der Waals surface area contributed by atoms with E-state index in [1.165, 1.54) is 0 Å². The molecule has 2 aromatic heterocycles. The van der Waals surface area contributed by atoms with Gasteiger partial charge < -0.3 is 28.1 Å². The number of nitrogens with zero attached hydrogens (tertiary/aromatic N) is 2. The summed E-state index contributed by atoms with van der Waals surface area (Å²) in [7, 11) is -2.58. The highest BCUT2D eigenvalue weighted by Crippen LogP contribution is 2.32. The fourth-order valence-electron chi connectivity index (χ4n) is 4.39. The van der Waals surface area contributed by atoms with Crippen molar-refractivity contribution in [3.63, 3.8) is 0 Å². The number of carbonyl (C=O) groups excluding carboxylic acids is 2. The molecular formula is C30H52N2O6Si2. The summed E-state index contributed by atoms with van der Waals surface area (Å²) in [4.78, 5) is 26.4. The Morgan fingerprint density at radius 3 is 1.27 bits per heavy atom. The molecule has 0 spiro atoms. The van der Waals surface area contributed by atoms with Crippen molar-refractivity contribution < 1.29 is 28.5 Å². The van der Waals surface area contributed by atoms with Gasteiger partial charge in [-0.25, -0.2) is 9.59 Å². The summed E-state index contributed by atoms with van der Waals surface area (Å²) >= 11 is 0. The summed E-state index contributed by atoms with van der Waals surface area (Å²) in [6, 6.07) is 6.09. The van der Waals surface area contributed by atoms with E-state index in [0.717, 1.165) is 34.6 Å². The van der Waals surface area contributed by atoms with Crippen molar-refractivity contribution in [3.8, 4) is 11.4 Å². The second kappa shape index (κ2) is 15.2. The molecule has 0 aliphatic rings. The SMILES string of the molecule is CCOC(=O)c1c(CC)cc(-c2cc(CC)c(C(=O)OCC)n2COCC[Si](C)(C)C)n1COCC[Si](C)(C)C. The second-order valence-electron chi connectivity index (χ2n) is 12.5. The molecule has 0 saturated heterocycles. The zero-order valence-corrected chi connectivity index (χ0v) is 28.6. The Labute approximate surface area is 243 Å². The Kier molecular flexibility index (Phi) is 12.9. The highest BCUT2D eigenvalue weighted by molar-refractivity contribution is 6.76. The van der Waals surface area contributed by atoms with Gasteiger partial charge >= 0.3 is 11.9 Å². The number of rotatable bonds is 17. The zero-order chi connectivity index (χ0) is 30.1. The van der Waals surface area contributed by atoms with Crippen molar-refractivity contribution in [2.24, 2.45) is 0 Å². The van der Waals surface area contributed by atoms with Crippen LogP contribution in [0.2, 0.25) is 51.4 Å². The molecule has 0 unspecified atom stereocenters. The van der Waals surface area contributed by atoms with E-state index in [-0.39, 0.29) is 38.6 Å². The van der Waals surface area contributed by atoms with Gasteiger partial charge in [0.25, 0.3) is 0 Å². The average Bonchev–Trinajstić information content (AvgIpc) is 3.41. The molecular weight excluding hydrogens is 541 g/mol. The van der Waals surface area contributed by atoms with E-state index in [1.54, 1.807) is 0 Å². The van der Waals surface area contributed by atoms with Crippen LogP contribution in [0, 0.1) is 0 Å². The summed E-state index contributed by atoms with van der Waals surface area (Å²) < 4.78 is 27.1. The van der Waals surface area contributed by atoms with Crippen LogP contribution in [0.1, 0.15) is 59.8 Å². The van der Waals surface area contributed by atoms with Crippen molar-refractivity contribution in [2.75, 3.05) is 26.4 Å². The third-order valence-electron chi connectivity index (χ3n) is 6.75. The minimum Gasteiger partial charge on any atom is -0.461 e. The van der Waals surface area contributed by atoms with Gasteiger partial charge in [0.2, 0.25) is 0 Å². The smallest absolute Gasteiger partial charge is 0.355 e. The van der Waals surface area contributed by atoms with Crippen LogP contribution in [0.3, 0.4) is 0 Å². The van der Waals surface area contributed by atoms with Gasteiger partial charge in [0.15, 0.2) is 0 Å². The van der Waals surface area contributed by atoms with Crippen LogP contribution in [0.15, 0.2) is 12.1 Å². The van der Waals surface area contributed by atoms with Crippen molar-refractivity contribution in [2.45, 2.75) is 105 Å². The maximum Gasteiger partial charge on any atom is 0.355 e. The van der Waals surface area contributed by atoms with E-state index in [0.29, 0.717) is 37.4 Å². The Bertz CT molecular complexity index is 1040. The van der Waals surface area contributed by atoms with Gasteiger partial charge in [-0.05, 0) is 62.0 Å². The standard InChI is InChI=1S/C30H52N2O6Si2/c1-11-23-19-25(31(27(23)29(33)37-13-3)21-35-15-17-39(5,6)7)26-20-24(12-2)28(30(34)38-14-4)32(26)22-36-16-18-40(8,9)10/h19-20H,11-18,21-22H2,1-10H3. The molecule has 40 heavy (non-hydrogen) atoms. The van der Waals surface area contributed by atoms with Gasteiger partial charge in [0, 0.05) is 29.4 Å². The van der Waals surface area contributed by atoms with Crippen LogP contribution in [-0.4, -0.2) is 63.6 Å². The molecule has 8 nitrogen and oxygen atoms in total. The van der Waals surface area contributed by atoms with E-state index in [4.69, 9.17) is 18.9 Å². The van der Waals surface area contributed by atoms with Crippen LogP contribution in [-0.2, 0) is 45.3 Å². The van der Waals surface area contributed by atoms with Crippen LogP contribution < -0.4 is 0 Å². The van der Waals surface area contributed by atoms with Crippen molar-refractivity contribution in [1.82, 2.24) is 9.13 Å². The Balaban J connectivity index is 2.67. The third kappa shape index (κ3) is 9.46. The summed E-state index contributed by atoms with van der Waals surface area (Å²) in [5.41, 5.74) is 4.35. The minimum atomic E-state index is -1.29. The van der Waals surface area contributed by atoms with Gasteiger partial charge in [0.1, 0.15) is 24.8 Å². The van der Waals surface area contributed by atoms with Gasteiger partial charge in [0.05, 0.1) is 24.6 Å². The highest BCUT2D eigenvalue weighted by atomic mass is 28.3. The lowest BCUT2D eigenvalue weighted by Crippen LogP contribution is -2.23. The number of carbonyl (C=O) groups is 2. The second-order valence-corrected chi connectivity index (χ2v) is 23.7. The summed E-state index contributed by atoms with van der Waals surface area (Å²) in [5.74, 6) is -0.740. The van der Waals surface area contributed by atoms with Gasteiger partial charge in [-0.15, -0.1) is 0 Å². The topological polar surface area (TPSA) is 80.9 Å². The molecule has 0 N–H and O–H groups in total. The lowest BCUT2D eigenvalue weighted by atomic mass is 10.1. The summed E-state index contributed by atoms with van der Waals surface area (Å²) in [6.45, 7) is 23.8. The molecule has 0 bridgehead atoms. The molecule has 2 heterocycles. The zero-order valence-electron chi connectivity index (χ0n) is 26.6. The fraction of sp³-hybridized carbons (Fsp3) is 0.667. The predicted molar refractivity (Wildman–Crippen MR) is 167 cm³/mol. The quantitative estimate of drug-likeness (QED) is 0.111. The lowest BCUT2D eigenvalue weighted by Gasteiger charge is -2.19. The Morgan fingerprint density at radius 2 is 1.00 bits per heavy atom. The normalized spacial score (nSPS) is 12.2. The van der Waals surface area contributed by atoms with E-state index < -0.39 is 16.1 Å². The molecule has 0 aliphatic carbocycles. The first-order valence-electron chi connectivity index (χ1n) is 14.7. The number of aryl methyl sites for hydroxylation is 2. The Morgan fingerprint density at radius 1 is 0.650 bits per heavy atom. The van der Waals surface area contributed by atoms with Crippen molar-refractivity contribution >= 4 is 28.1 Å². The van der Waals surface area contributed by atoms with Crippen LogP contribution in [0.5, 0.6) is 0 Å². The fourth-order valence-corrected chi connectivity index (χ4v) is 5.91. The minimum absolute atomic E-state index is 0.214. The molecule has 0 atom stereocenters. The first-order chi connectivity index (χ1) is 18.8. The lowest BCUT2D eigenvalue weighted by molar-refractivity contribution is 0.0460. The first-order valence-corrected chi connectivity index (χ1v) is 22.1. The van der Waals surface area contributed by atoms with Crippen LogP contribution in [0.4, 0.5) is 0 Å². The number of ether oxygens (including phenoxy) is 4. The number of esters is 2. The molecule has 10 heteroatoms. The molecule has 0 aromatic carbocycles. The monoisotopic (exact) mass is 592 g/mol. The molecule has 2 aromatic rings. The maximum absolute atomic E-state index is 13.2. The highest BCUT2D eigenvalue weighted by Gasteiger charge is 2.28. The summed E-state index contributed by atoms with van der Waals surface area (Å²) in [5, 5.41) is 0. The summed E-state index contributed by atoms with van der Waals surface area (Å²) in [6.07, 6.45) is 1.31. The number of hydrogen-bond acceptors (Lipinski definition) is 6. The molecule has 0 saturated carbocycles. The predicted octanol–water partition coefficient (Wildman–Crippen LogP) is 7.06. The molecule has 0 aliphatic heterocycles. The van der Waals surface area contributed by atoms with Gasteiger partial charge in [-0.1, -0.05) is 53.1 Å². The van der Waals surface area contributed by atoms with Gasteiger partial charge in [-0.3, -0.25) is 0 Å². The van der Waals surface area contributed by atoms with Crippen molar-refractivity contribution in [3.05, 3.63) is 34.6 Å². The Hall–Kier alpha value is -2.15. The van der Waals surface area contributed by atoms with Gasteiger partial charge in [-0.2, -0.15) is 0 Å². The third-order valence-corrected chi connectivity index (χ3v) is 10.2. The number of hydrogen-bond donors (Lipinski definition) is 0. The molecule has 0 fully saturated rings. The number of aromatic nitrogens is 2. The average molecular weight is 593 g/mol. The molecule has 2 rings (SSSR count). The van der Waals surface area contributed by atoms with Crippen LogP contribution >= 0.6 is 0 Å². The largest absolute Gasteiger partial charge is 0.461 e. The maximum atomic E-state index is 13.2.